The van der Waals surface area contributed by atoms with Gasteiger partial charge in [-0.05, 0) is 18.4 Å². The summed E-state index contributed by atoms with van der Waals surface area (Å²) in [5, 5.41) is 0.547. The van der Waals surface area contributed by atoms with Crippen molar-refractivity contribution in [3.63, 3.8) is 0 Å². The summed E-state index contributed by atoms with van der Waals surface area (Å²) in [5.74, 6) is 1.53. The summed E-state index contributed by atoms with van der Waals surface area (Å²) in [6, 6.07) is 4.95. The van der Waals surface area contributed by atoms with Crippen LogP contribution in [0, 0.1) is 0 Å². The number of rotatable bonds is 5. The smallest absolute Gasteiger partial charge is 0.252 e. The van der Waals surface area contributed by atoms with Gasteiger partial charge in [-0.1, -0.05) is 11.8 Å². The van der Waals surface area contributed by atoms with Crippen LogP contribution < -0.4 is 19.8 Å². The molecule has 7 heteroatoms. The molecule has 1 aromatic heterocycles. The fourth-order valence-corrected chi connectivity index (χ4v) is 2.30. The monoisotopic (exact) mass is 308 g/mol. The second-order valence-corrected chi connectivity index (χ2v) is 4.85. The number of hydrogen-bond donors (Lipinski definition) is 1. The third kappa shape index (κ3) is 3.13. The summed E-state index contributed by atoms with van der Waals surface area (Å²) in [7, 11) is 4.62. The summed E-state index contributed by atoms with van der Waals surface area (Å²) in [6.07, 6.45) is 1.84. The Kier molecular flexibility index (Phi) is 4.74. The molecular weight excluding hydrogens is 292 g/mol. The van der Waals surface area contributed by atoms with Crippen LogP contribution in [0.2, 0.25) is 0 Å². The second kappa shape index (κ2) is 6.53. The van der Waals surface area contributed by atoms with Crippen molar-refractivity contribution in [1.29, 1.82) is 0 Å². The fraction of sp³-hybridized carbons (Fsp3) is 0.286. The first kappa shape index (κ1) is 15.2. The number of hydrogen-bond acceptors (Lipinski definition) is 6. The maximum Gasteiger partial charge on any atom is 0.252 e. The van der Waals surface area contributed by atoms with Gasteiger partial charge in [0, 0.05) is 11.6 Å². The van der Waals surface area contributed by atoms with Gasteiger partial charge < -0.3 is 19.2 Å². The van der Waals surface area contributed by atoms with Gasteiger partial charge in [-0.15, -0.1) is 0 Å². The summed E-state index contributed by atoms with van der Waals surface area (Å²) in [4.78, 5) is 18.7. The molecule has 21 heavy (non-hydrogen) atoms. The Labute approximate surface area is 126 Å². The normalized spacial score (nSPS) is 10.3. The number of nitrogens with one attached hydrogen (secondary N) is 1. The molecule has 0 atom stereocenters. The highest BCUT2D eigenvalue weighted by atomic mass is 32.2. The molecule has 0 unspecified atom stereocenters. The first-order valence-electron chi connectivity index (χ1n) is 6.08. The summed E-state index contributed by atoms with van der Waals surface area (Å²) >= 11 is 1.37. The molecule has 6 nitrogen and oxygen atoms in total. The van der Waals surface area contributed by atoms with Gasteiger partial charge in [-0.3, -0.25) is 4.79 Å². The molecule has 0 amide bonds. The molecule has 0 fully saturated rings. The molecule has 2 rings (SSSR count). The van der Waals surface area contributed by atoms with Crippen LogP contribution in [-0.2, 0) is 0 Å². The molecule has 0 saturated carbocycles. The molecule has 0 saturated heterocycles. The Bertz CT molecular complexity index is 675. The van der Waals surface area contributed by atoms with E-state index < -0.39 is 0 Å². The van der Waals surface area contributed by atoms with Gasteiger partial charge in [0.2, 0.25) is 5.75 Å². The lowest BCUT2D eigenvalue weighted by Crippen LogP contribution is -2.08. The van der Waals surface area contributed by atoms with Crippen LogP contribution in [0.5, 0.6) is 17.2 Å². The average molecular weight is 308 g/mol. The zero-order valence-electron chi connectivity index (χ0n) is 12.2. The molecule has 0 aliphatic carbocycles. The van der Waals surface area contributed by atoms with Gasteiger partial charge in [0.25, 0.3) is 5.56 Å². The summed E-state index contributed by atoms with van der Waals surface area (Å²) in [6.45, 7) is 0. The highest BCUT2D eigenvalue weighted by Crippen LogP contribution is 2.40. The van der Waals surface area contributed by atoms with Crippen molar-refractivity contribution < 1.29 is 14.2 Å². The van der Waals surface area contributed by atoms with Crippen molar-refractivity contribution in [2.45, 2.75) is 5.16 Å². The molecule has 2 aromatic rings. The maximum atomic E-state index is 11.7. The van der Waals surface area contributed by atoms with E-state index in [0.29, 0.717) is 33.7 Å². The van der Waals surface area contributed by atoms with E-state index in [0.717, 1.165) is 0 Å². The van der Waals surface area contributed by atoms with Crippen LogP contribution in [0.4, 0.5) is 0 Å². The quantitative estimate of drug-likeness (QED) is 0.674. The molecule has 0 aliphatic heterocycles. The fourth-order valence-electron chi connectivity index (χ4n) is 1.91. The van der Waals surface area contributed by atoms with Crippen LogP contribution in [0.3, 0.4) is 0 Å². The largest absolute Gasteiger partial charge is 0.493 e. The van der Waals surface area contributed by atoms with E-state index in [4.69, 9.17) is 14.2 Å². The van der Waals surface area contributed by atoms with Gasteiger partial charge in [-0.25, -0.2) is 4.98 Å². The number of H-pyrrole nitrogens is 1. The number of benzene rings is 1. The van der Waals surface area contributed by atoms with E-state index in [1.165, 1.54) is 24.9 Å². The summed E-state index contributed by atoms with van der Waals surface area (Å²) in [5.41, 5.74) is 1.05. The van der Waals surface area contributed by atoms with E-state index in [2.05, 4.69) is 9.97 Å². The van der Waals surface area contributed by atoms with E-state index in [9.17, 15) is 4.79 Å². The topological polar surface area (TPSA) is 73.4 Å². The lowest BCUT2D eigenvalue weighted by molar-refractivity contribution is 0.324. The molecule has 1 aromatic carbocycles. The van der Waals surface area contributed by atoms with Gasteiger partial charge in [0.1, 0.15) is 0 Å². The number of nitrogens with zero attached hydrogens (tertiary/aromatic N) is 1. The number of thioether (sulfide) groups is 1. The first-order chi connectivity index (χ1) is 10.1. The van der Waals surface area contributed by atoms with Crippen LogP contribution in [0.15, 0.2) is 28.2 Å². The number of aromatic nitrogens is 2. The number of methoxy groups -OCH3 is 3. The van der Waals surface area contributed by atoms with E-state index in [1.54, 1.807) is 26.4 Å². The molecule has 0 spiro atoms. The van der Waals surface area contributed by atoms with Crippen molar-refractivity contribution in [1.82, 2.24) is 9.97 Å². The summed E-state index contributed by atoms with van der Waals surface area (Å²) < 4.78 is 15.9. The number of ether oxygens (including phenoxy) is 3. The predicted molar refractivity (Wildman–Crippen MR) is 81.7 cm³/mol. The zero-order valence-corrected chi connectivity index (χ0v) is 13.0. The molecule has 112 valence electrons. The minimum absolute atomic E-state index is 0.210. The van der Waals surface area contributed by atoms with Crippen LogP contribution in [0.1, 0.15) is 0 Å². The molecule has 1 heterocycles. The SMILES string of the molecule is COc1cc(-c2cc(=O)[nH]c(SC)n2)cc(OC)c1OC. The van der Waals surface area contributed by atoms with Gasteiger partial charge >= 0.3 is 0 Å². The van der Waals surface area contributed by atoms with E-state index >= 15 is 0 Å². The molecule has 1 N–H and O–H groups in total. The lowest BCUT2D eigenvalue weighted by atomic mass is 10.1. The standard InChI is InChI=1S/C14H16N2O4S/c1-18-10-5-8(6-11(19-2)13(10)20-3)9-7-12(17)16-14(15-9)21-4/h5-7H,1-4H3,(H,15,16,17). The van der Waals surface area contributed by atoms with Crippen LogP contribution in [-0.4, -0.2) is 37.6 Å². The molecular formula is C14H16N2O4S. The van der Waals surface area contributed by atoms with Crippen molar-refractivity contribution in [2.75, 3.05) is 27.6 Å². The highest BCUT2D eigenvalue weighted by molar-refractivity contribution is 7.98. The minimum Gasteiger partial charge on any atom is -0.493 e. The second-order valence-electron chi connectivity index (χ2n) is 4.05. The van der Waals surface area contributed by atoms with Crippen molar-refractivity contribution in [2.24, 2.45) is 0 Å². The van der Waals surface area contributed by atoms with Crippen LogP contribution >= 0.6 is 11.8 Å². The third-order valence-electron chi connectivity index (χ3n) is 2.87. The predicted octanol–water partition coefficient (Wildman–Crippen LogP) is 2.18. The molecule has 0 bridgehead atoms. The zero-order chi connectivity index (χ0) is 15.4. The van der Waals surface area contributed by atoms with Crippen molar-refractivity contribution >= 4 is 11.8 Å². The van der Waals surface area contributed by atoms with E-state index in [1.807, 2.05) is 6.26 Å². The first-order valence-corrected chi connectivity index (χ1v) is 7.31. The Balaban J connectivity index is 2.64. The Morgan fingerprint density at radius 2 is 1.67 bits per heavy atom. The van der Waals surface area contributed by atoms with Gasteiger partial charge in [0.05, 0.1) is 27.0 Å². The van der Waals surface area contributed by atoms with Gasteiger partial charge in [-0.2, -0.15) is 0 Å². The van der Waals surface area contributed by atoms with Gasteiger partial charge in [0.15, 0.2) is 16.7 Å². The van der Waals surface area contributed by atoms with Crippen LogP contribution in [0.25, 0.3) is 11.3 Å². The Morgan fingerprint density at radius 3 is 2.14 bits per heavy atom. The average Bonchev–Trinajstić information content (AvgIpc) is 2.52. The van der Waals surface area contributed by atoms with Crippen molar-refractivity contribution in [3.8, 4) is 28.5 Å². The maximum absolute atomic E-state index is 11.7. The van der Waals surface area contributed by atoms with Crippen molar-refractivity contribution in [3.05, 3.63) is 28.6 Å². The Hall–Kier alpha value is -2.15. The third-order valence-corrected chi connectivity index (χ3v) is 3.45. The molecule has 0 aliphatic rings. The molecule has 0 radical (unpaired) electrons. The minimum atomic E-state index is -0.210. The lowest BCUT2D eigenvalue weighted by Gasteiger charge is -2.14. The van der Waals surface area contributed by atoms with E-state index in [-0.39, 0.29) is 5.56 Å². The number of aromatic amines is 1. The highest BCUT2D eigenvalue weighted by Gasteiger charge is 2.15. The Morgan fingerprint density at radius 1 is 1.05 bits per heavy atom.